The fraction of sp³-hybridized carbons (Fsp3) is 0.250. The number of pyridine rings is 1. The first-order chi connectivity index (χ1) is 11.0. The van der Waals surface area contributed by atoms with Crippen LogP contribution in [-0.2, 0) is 4.79 Å². The number of rotatable bonds is 6. The maximum absolute atomic E-state index is 12.0. The van der Waals surface area contributed by atoms with Gasteiger partial charge in [0.15, 0.2) is 5.15 Å². The Morgan fingerprint density at radius 3 is 2.87 bits per heavy atom. The van der Waals surface area contributed by atoms with Gasteiger partial charge in [0.2, 0.25) is 5.91 Å². The summed E-state index contributed by atoms with van der Waals surface area (Å²) in [6.45, 7) is 2.15. The van der Waals surface area contributed by atoms with E-state index in [0.717, 1.165) is 15.8 Å². The molecule has 0 aliphatic heterocycles. The standard InChI is InChI=1S/C16H17BrClN3O2/c1-10(11-5-6-14(23-2)12(17)8-11)20-9-15(22)21-13-4-3-7-19-16(13)18/h3-8,10,20H,9H2,1-2H3,(H,21,22)/t10-/m1/s1. The van der Waals surface area contributed by atoms with E-state index in [1.54, 1.807) is 25.4 Å². The third kappa shape index (κ3) is 4.92. The lowest BCUT2D eigenvalue weighted by molar-refractivity contribution is -0.115. The van der Waals surface area contributed by atoms with Gasteiger partial charge in [0.05, 0.1) is 23.8 Å². The Morgan fingerprint density at radius 2 is 2.22 bits per heavy atom. The lowest BCUT2D eigenvalue weighted by Crippen LogP contribution is -2.30. The average molecular weight is 399 g/mol. The average Bonchev–Trinajstić information content (AvgIpc) is 2.54. The Hall–Kier alpha value is -1.63. The summed E-state index contributed by atoms with van der Waals surface area (Å²) < 4.78 is 6.08. The van der Waals surface area contributed by atoms with Crippen molar-refractivity contribution in [2.75, 3.05) is 19.0 Å². The van der Waals surface area contributed by atoms with Crippen molar-refractivity contribution in [3.63, 3.8) is 0 Å². The molecule has 1 heterocycles. The quantitative estimate of drug-likeness (QED) is 0.727. The van der Waals surface area contributed by atoms with Gasteiger partial charge in [-0.05, 0) is 52.7 Å². The van der Waals surface area contributed by atoms with Crippen LogP contribution < -0.4 is 15.4 Å². The van der Waals surface area contributed by atoms with Crippen molar-refractivity contribution in [2.24, 2.45) is 0 Å². The van der Waals surface area contributed by atoms with Crippen LogP contribution in [0.3, 0.4) is 0 Å². The van der Waals surface area contributed by atoms with Crippen LogP contribution in [0.1, 0.15) is 18.5 Å². The summed E-state index contributed by atoms with van der Waals surface area (Å²) in [7, 11) is 1.62. The second-order valence-corrected chi connectivity index (χ2v) is 6.10. The van der Waals surface area contributed by atoms with E-state index in [9.17, 15) is 4.79 Å². The van der Waals surface area contributed by atoms with Gasteiger partial charge in [-0.1, -0.05) is 17.7 Å². The van der Waals surface area contributed by atoms with Crippen molar-refractivity contribution in [1.82, 2.24) is 10.3 Å². The molecule has 122 valence electrons. The maximum atomic E-state index is 12.0. The summed E-state index contributed by atoms with van der Waals surface area (Å²) in [6.07, 6.45) is 1.57. The Kier molecular flexibility index (Phi) is 6.38. The minimum atomic E-state index is -0.181. The van der Waals surface area contributed by atoms with E-state index in [-0.39, 0.29) is 23.6 Å². The summed E-state index contributed by atoms with van der Waals surface area (Å²) in [6, 6.07) is 9.23. The summed E-state index contributed by atoms with van der Waals surface area (Å²) >= 11 is 9.36. The minimum absolute atomic E-state index is 0.00678. The molecule has 0 saturated heterocycles. The van der Waals surface area contributed by atoms with E-state index in [2.05, 4.69) is 31.5 Å². The third-order valence-corrected chi connectivity index (χ3v) is 4.20. The van der Waals surface area contributed by atoms with Gasteiger partial charge in [0.1, 0.15) is 5.75 Å². The molecular weight excluding hydrogens is 382 g/mol. The predicted octanol–water partition coefficient (Wildman–Crippen LogP) is 3.80. The molecular formula is C16H17BrClN3O2. The molecule has 7 heteroatoms. The van der Waals surface area contributed by atoms with Crippen LogP contribution in [0.25, 0.3) is 0 Å². The van der Waals surface area contributed by atoms with Crippen molar-refractivity contribution in [2.45, 2.75) is 13.0 Å². The van der Waals surface area contributed by atoms with Gasteiger partial charge in [-0.15, -0.1) is 0 Å². The molecule has 2 rings (SSSR count). The lowest BCUT2D eigenvalue weighted by Gasteiger charge is -2.15. The van der Waals surface area contributed by atoms with Crippen LogP contribution in [0.5, 0.6) is 5.75 Å². The van der Waals surface area contributed by atoms with Gasteiger partial charge < -0.3 is 15.4 Å². The van der Waals surface area contributed by atoms with Crippen molar-refractivity contribution in [3.05, 3.63) is 51.7 Å². The number of amides is 1. The maximum Gasteiger partial charge on any atom is 0.238 e. The number of hydrogen-bond donors (Lipinski definition) is 2. The minimum Gasteiger partial charge on any atom is -0.496 e. The number of carbonyl (C=O) groups is 1. The lowest BCUT2D eigenvalue weighted by atomic mass is 10.1. The Morgan fingerprint density at radius 1 is 1.43 bits per heavy atom. The summed E-state index contributed by atoms with van der Waals surface area (Å²) in [5, 5.41) is 6.16. The molecule has 2 N–H and O–H groups in total. The van der Waals surface area contributed by atoms with E-state index < -0.39 is 0 Å². The molecule has 23 heavy (non-hydrogen) atoms. The monoisotopic (exact) mass is 397 g/mol. The summed E-state index contributed by atoms with van der Waals surface area (Å²) in [5.74, 6) is 0.587. The number of carbonyl (C=O) groups excluding carboxylic acids is 1. The molecule has 0 aliphatic carbocycles. The zero-order valence-electron chi connectivity index (χ0n) is 12.8. The highest BCUT2D eigenvalue weighted by molar-refractivity contribution is 9.10. The van der Waals surface area contributed by atoms with Gasteiger partial charge >= 0.3 is 0 Å². The normalized spacial score (nSPS) is 11.8. The molecule has 0 spiro atoms. The van der Waals surface area contributed by atoms with Crippen LogP contribution >= 0.6 is 27.5 Å². The predicted molar refractivity (Wildman–Crippen MR) is 95.0 cm³/mol. The van der Waals surface area contributed by atoms with Crippen LogP contribution in [0.4, 0.5) is 5.69 Å². The van der Waals surface area contributed by atoms with Crippen LogP contribution in [0, 0.1) is 0 Å². The number of ether oxygens (including phenoxy) is 1. The molecule has 1 aromatic carbocycles. The van der Waals surface area contributed by atoms with Crippen LogP contribution in [-0.4, -0.2) is 24.5 Å². The number of halogens is 2. The van der Waals surface area contributed by atoms with E-state index >= 15 is 0 Å². The Balaban J connectivity index is 1.91. The van der Waals surface area contributed by atoms with Crippen LogP contribution in [0.15, 0.2) is 41.0 Å². The SMILES string of the molecule is COc1ccc([C@@H](C)NCC(=O)Nc2cccnc2Cl)cc1Br. The number of nitrogens with zero attached hydrogens (tertiary/aromatic N) is 1. The highest BCUT2D eigenvalue weighted by Gasteiger charge is 2.11. The fourth-order valence-corrected chi connectivity index (χ4v) is 2.71. The molecule has 1 amide bonds. The zero-order chi connectivity index (χ0) is 16.8. The van der Waals surface area contributed by atoms with Crippen molar-refractivity contribution < 1.29 is 9.53 Å². The van der Waals surface area contributed by atoms with Crippen molar-refractivity contribution in [3.8, 4) is 5.75 Å². The number of aromatic nitrogens is 1. The van der Waals surface area contributed by atoms with Gasteiger partial charge in [-0.2, -0.15) is 0 Å². The van der Waals surface area contributed by atoms with Crippen LogP contribution in [0.2, 0.25) is 5.15 Å². The van der Waals surface area contributed by atoms with Gasteiger partial charge in [-0.3, -0.25) is 4.79 Å². The number of benzene rings is 1. The molecule has 1 atom stereocenters. The first-order valence-corrected chi connectivity index (χ1v) is 8.15. The fourth-order valence-electron chi connectivity index (χ4n) is 1.99. The third-order valence-electron chi connectivity index (χ3n) is 3.28. The first kappa shape index (κ1) is 17.7. The second kappa shape index (κ2) is 8.29. The number of methoxy groups -OCH3 is 1. The van der Waals surface area contributed by atoms with E-state index in [0.29, 0.717) is 5.69 Å². The van der Waals surface area contributed by atoms with Crippen molar-refractivity contribution in [1.29, 1.82) is 0 Å². The number of nitrogens with one attached hydrogen (secondary N) is 2. The summed E-state index contributed by atoms with van der Waals surface area (Å²) in [5.41, 5.74) is 1.55. The Labute approximate surface area is 148 Å². The molecule has 0 aliphatic rings. The molecule has 1 aromatic heterocycles. The second-order valence-electron chi connectivity index (χ2n) is 4.89. The highest BCUT2D eigenvalue weighted by atomic mass is 79.9. The molecule has 5 nitrogen and oxygen atoms in total. The molecule has 0 unspecified atom stereocenters. The largest absolute Gasteiger partial charge is 0.496 e. The molecule has 2 aromatic rings. The smallest absolute Gasteiger partial charge is 0.238 e. The van der Waals surface area contributed by atoms with Gasteiger partial charge in [0, 0.05) is 12.2 Å². The van der Waals surface area contributed by atoms with Crippen molar-refractivity contribution >= 4 is 39.1 Å². The summed E-state index contributed by atoms with van der Waals surface area (Å²) in [4.78, 5) is 15.9. The van der Waals surface area contributed by atoms with E-state index in [4.69, 9.17) is 16.3 Å². The van der Waals surface area contributed by atoms with E-state index in [1.807, 2.05) is 25.1 Å². The molecule has 0 fully saturated rings. The molecule has 0 saturated carbocycles. The molecule has 0 radical (unpaired) electrons. The van der Waals surface area contributed by atoms with Gasteiger partial charge in [-0.25, -0.2) is 4.98 Å². The van der Waals surface area contributed by atoms with Gasteiger partial charge in [0.25, 0.3) is 0 Å². The zero-order valence-corrected chi connectivity index (χ0v) is 15.1. The highest BCUT2D eigenvalue weighted by Crippen LogP contribution is 2.27. The Bertz CT molecular complexity index is 697. The number of hydrogen-bond acceptors (Lipinski definition) is 4. The van der Waals surface area contributed by atoms with E-state index in [1.165, 1.54) is 0 Å². The number of anilines is 1. The molecule has 0 bridgehead atoms. The topological polar surface area (TPSA) is 63.2 Å². The first-order valence-electron chi connectivity index (χ1n) is 6.98.